The van der Waals surface area contributed by atoms with Crippen LogP contribution in [0.1, 0.15) is 12.0 Å². The van der Waals surface area contributed by atoms with Crippen molar-refractivity contribution in [2.75, 3.05) is 38.2 Å². The third-order valence-corrected chi connectivity index (χ3v) is 5.80. The molecule has 2 amide bonds. The van der Waals surface area contributed by atoms with Crippen molar-refractivity contribution in [1.29, 1.82) is 0 Å². The minimum absolute atomic E-state index is 0.0443. The van der Waals surface area contributed by atoms with E-state index in [0.717, 1.165) is 24.4 Å². The summed E-state index contributed by atoms with van der Waals surface area (Å²) in [4.78, 5) is 29.5. The van der Waals surface area contributed by atoms with Crippen LogP contribution in [-0.2, 0) is 16.1 Å². The Balaban J connectivity index is 1.25. The molecule has 2 aromatic rings. The van der Waals surface area contributed by atoms with E-state index in [1.807, 2.05) is 47.4 Å². The Kier molecular flexibility index (Phi) is 5.69. The van der Waals surface area contributed by atoms with Crippen LogP contribution in [0.15, 0.2) is 54.6 Å². The Bertz CT molecular complexity index is 863. The number of nitrogens with zero attached hydrogens (tertiary/aromatic N) is 2. The molecule has 6 heteroatoms. The molecule has 152 valence electrons. The third-order valence-electron chi connectivity index (χ3n) is 5.80. The highest BCUT2D eigenvalue weighted by atomic mass is 16.5. The van der Waals surface area contributed by atoms with Gasteiger partial charge in [-0.15, -0.1) is 0 Å². The lowest BCUT2D eigenvalue weighted by Gasteiger charge is -2.36. The van der Waals surface area contributed by atoms with Gasteiger partial charge in [0.25, 0.3) is 0 Å². The molecule has 4 rings (SSSR count). The zero-order chi connectivity index (χ0) is 20.2. The summed E-state index contributed by atoms with van der Waals surface area (Å²) in [6, 6.07) is 17.9. The zero-order valence-corrected chi connectivity index (χ0v) is 16.7. The lowest BCUT2D eigenvalue weighted by atomic mass is 10.2. The quantitative estimate of drug-likeness (QED) is 0.818. The molecule has 1 aliphatic heterocycles. The first-order valence-electron chi connectivity index (χ1n) is 10.2. The summed E-state index contributed by atoms with van der Waals surface area (Å²) in [5, 5.41) is 2.95. The van der Waals surface area contributed by atoms with Crippen LogP contribution >= 0.6 is 0 Å². The first-order chi connectivity index (χ1) is 14.2. The van der Waals surface area contributed by atoms with Crippen LogP contribution in [0.3, 0.4) is 0 Å². The molecule has 0 spiro atoms. The van der Waals surface area contributed by atoms with E-state index in [-0.39, 0.29) is 23.7 Å². The van der Waals surface area contributed by atoms with Crippen LogP contribution < -0.4 is 15.0 Å². The van der Waals surface area contributed by atoms with Crippen molar-refractivity contribution in [3.8, 4) is 5.75 Å². The van der Waals surface area contributed by atoms with Crippen molar-refractivity contribution < 1.29 is 14.3 Å². The fourth-order valence-corrected chi connectivity index (χ4v) is 3.98. The molecule has 2 unspecified atom stereocenters. The van der Waals surface area contributed by atoms with Gasteiger partial charge in [0.2, 0.25) is 11.8 Å². The Hall–Kier alpha value is -3.02. The van der Waals surface area contributed by atoms with E-state index in [1.54, 1.807) is 7.11 Å². The number of hydrogen-bond acceptors (Lipinski definition) is 4. The van der Waals surface area contributed by atoms with E-state index in [4.69, 9.17) is 4.74 Å². The predicted molar refractivity (Wildman–Crippen MR) is 112 cm³/mol. The van der Waals surface area contributed by atoms with E-state index in [1.165, 1.54) is 5.69 Å². The third kappa shape index (κ3) is 4.36. The molecule has 2 atom stereocenters. The number of rotatable bonds is 6. The van der Waals surface area contributed by atoms with Gasteiger partial charge in [0.1, 0.15) is 5.75 Å². The summed E-state index contributed by atoms with van der Waals surface area (Å²) in [5.41, 5.74) is 2.13. The Morgan fingerprint density at radius 2 is 1.66 bits per heavy atom. The summed E-state index contributed by atoms with van der Waals surface area (Å²) in [6.45, 7) is 3.48. The normalized spacial score (nSPS) is 20.9. The molecule has 1 saturated heterocycles. The molecule has 1 saturated carbocycles. The van der Waals surface area contributed by atoms with Crippen molar-refractivity contribution in [1.82, 2.24) is 10.2 Å². The van der Waals surface area contributed by atoms with E-state index in [9.17, 15) is 9.59 Å². The van der Waals surface area contributed by atoms with Gasteiger partial charge in [-0.05, 0) is 24.6 Å². The van der Waals surface area contributed by atoms with Crippen molar-refractivity contribution in [2.45, 2.75) is 13.0 Å². The Labute approximate surface area is 171 Å². The lowest BCUT2D eigenvalue weighted by molar-refractivity contribution is -0.135. The summed E-state index contributed by atoms with van der Waals surface area (Å²) >= 11 is 0. The van der Waals surface area contributed by atoms with Gasteiger partial charge >= 0.3 is 0 Å². The van der Waals surface area contributed by atoms with Gasteiger partial charge in [0, 0.05) is 44.0 Å². The lowest BCUT2D eigenvalue weighted by Crippen LogP contribution is -2.49. The summed E-state index contributed by atoms with van der Waals surface area (Å²) < 4.78 is 5.32. The van der Waals surface area contributed by atoms with Crippen LogP contribution in [0.25, 0.3) is 0 Å². The smallest absolute Gasteiger partial charge is 0.226 e. The summed E-state index contributed by atoms with van der Waals surface area (Å²) in [6.07, 6.45) is 0.648. The van der Waals surface area contributed by atoms with E-state index < -0.39 is 0 Å². The predicted octanol–water partition coefficient (Wildman–Crippen LogP) is 2.30. The topological polar surface area (TPSA) is 61.9 Å². The number of ether oxygens (including phenoxy) is 1. The maximum Gasteiger partial charge on any atom is 0.226 e. The molecule has 0 bridgehead atoms. The number of nitrogens with one attached hydrogen (secondary N) is 1. The van der Waals surface area contributed by atoms with Gasteiger partial charge in [0.15, 0.2) is 0 Å². The van der Waals surface area contributed by atoms with Crippen LogP contribution in [0.2, 0.25) is 0 Å². The average molecular weight is 393 g/mol. The number of piperazine rings is 1. The number of carbonyl (C=O) groups excluding carboxylic acids is 2. The zero-order valence-electron chi connectivity index (χ0n) is 16.7. The van der Waals surface area contributed by atoms with E-state index in [0.29, 0.717) is 26.1 Å². The number of benzene rings is 2. The van der Waals surface area contributed by atoms with Crippen molar-refractivity contribution in [3.63, 3.8) is 0 Å². The Morgan fingerprint density at radius 1 is 0.966 bits per heavy atom. The molecular weight excluding hydrogens is 366 g/mol. The minimum Gasteiger partial charge on any atom is -0.496 e. The SMILES string of the molecule is COc1ccccc1CNC(=O)C1CC1C(=O)N1CCN(c2ccccc2)CC1. The highest BCUT2D eigenvalue weighted by molar-refractivity contribution is 5.92. The van der Waals surface area contributed by atoms with E-state index >= 15 is 0 Å². The van der Waals surface area contributed by atoms with Gasteiger partial charge in [-0.2, -0.15) is 0 Å². The van der Waals surface area contributed by atoms with Crippen molar-refractivity contribution in [2.24, 2.45) is 11.8 Å². The molecule has 1 heterocycles. The van der Waals surface area contributed by atoms with Gasteiger partial charge in [0.05, 0.1) is 18.9 Å². The number of methoxy groups -OCH3 is 1. The molecular formula is C23H27N3O3. The number of amides is 2. The van der Waals surface area contributed by atoms with E-state index in [2.05, 4.69) is 22.3 Å². The molecule has 0 radical (unpaired) electrons. The molecule has 29 heavy (non-hydrogen) atoms. The fraction of sp³-hybridized carbons (Fsp3) is 0.391. The number of carbonyl (C=O) groups is 2. The van der Waals surface area contributed by atoms with Crippen LogP contribution in [-0.4, -0.2) is 50.0 Å². The summed E-state index contributed by atoms with van der Waals surface area (Å²) in [5.74, 6) is 0.458. The second kappa shape index (κ2) is 8.55. The van der Waals surface area contributed by atoms with Crippen LogP contribution in [0, 0.1) is 11.8 Å². The molecule has 2 fully saturated rings. The average Bonchev–Trinajstić information content (AvgIpc) is 3.59. The monoisotopic (exact) mass is 393 g/mol. The van der Waals surface area contributed by atoms with Crippen LogP contribution in [0.5, 0.6) is 5.75 Å². The van der Waals surface area contributed by atoms with Gasteiger partial charge in [-0.1, -0.05) is 36.4 Å². The molecule has 0 aromatic heterocycles. The van der Waals surface area contributed by atoms with Gasteiger partial charge in [-0.25, -0.2) is 0 Å². The second-order valence-corrected chi connectivity index (χ2v) is 7.63. The first-order valence-corrected chi connectivity index (χ1v) is 10.2. The summed E-state index contributed by atoms with van der Waals surface area (Å²) in [7, 11) is 1.62. The van der Waals surface area contributed by atoms with Crippen molar-refractivity contribution in [3.05, 3.63) is 60.2 Å². The fourth-order valence-electron chi connectivity index (χ4n) is 3.98. The highest BCUT2D eigenvalue weighted by Crippen LogP contribution is 2.40. The number of para-hydroxylation sites is 2. The van der Waals surface area contributed by atoms with Crippen molar-refractivity contribution >= 4 is 17.5 Å². The molecule has 2 aliphatic rings. The van der Waals surface area contributed by atoms with Crippen LogP contribution in [0.4, 0.5) is 5.69 Å². The second-order valence-electron chi connectivity index (χ2n) is 7.63. The highest BCUT2D eigenvalue weighted by Gasteiger charge is 2.49. The molecule has 2 aromatic carbocycles. The minimum atomic E-state index is -0.204. The van der Waals surface area contributed by atoms with Gasteiger partial charge < -0.3 is 19.9 Å². The standard InChI is InChI=1S/C23H27N3O3/c1-29-21-10-6-5-7-17(21)16-24-22(27)19-15-20(19)23(28)26-13-11-25(12-14-26)18-8-3-2-4-9-18/h2-10,19-20H,11-16H2,1H3,(H,24,27). The molecule has 6 nitrogen and oxygen atoms in total. The first kappa shape index (κ1) is 19.3. The molecule has 1 aliphatic carbocycles. The van der Waals surface area contributed by atoms with Gasteiger partial charge in [-0.3, -0.25) is 9.59 Å². The largest absolute Gasteiger partial charge is 0.496 e. The number of anilines is 1. The number of hydrogen-bond donors (Lipinski definition) is 1. The molecule has 1 N–H and O–H groups in total. The Morgan fingerprint density at radius 3 is 2.38 bits per heavy atom. The maximum atomic E-state index is 12.8. The maximum absolute atomic E-state index is 12.8.